The van der Waals surface area contributed by atoms with Gasteiger partial charge >= 0.3 is 0 Å². The van der Waals surface area contributed by atoms with Crippen LogP contribution in [0.25, 0.3) is 0 Å². The number of piperazine rings is 1. The molecular weight excluding hydrogens is 328 g/mol. The normalized spacial score (nSPS) is 15.0. The predicted molar refractivity (Wildman–Crippen MR) is 104 cm³/mol. The Morgan fingerprint density at radius 1 is 1.19 bits per heavy atom. The average molecular weight is 354 g/mol. The van der Waals surface area contributed by atoms with Crippen LogP contribution in [-0.4, -0.2) is 55.6 Å². The van der Waals surface area contributed by atoms with Crippen LogP contribution in [0.3, 0.4) is 0 Å². The molecule has 1 amide bonds. The summed E-state index contributed by atoms with van der Waals surface area (Å²) in [4.78, 5) is 21.4. The van der Waals surface area contributed by atoms with Crippen molar-refractivity contribution in [3.63, 3.8) is 0 Å². The summed E-state index contributed by atoms with van der Waals surface area (Å²) in [6.45, 7) is 9.60. The summed E-state index contributed by atoms with van der Waals surface area (Å²) in [5.74, 6) is 0.317. The van der Waals surface area contributed by atoms with Gasteiger partial charge in [-0.2, -0.15) is 0 Å². The van der Waals surface area contributed by atoms with Gasteiger partial charge in [-0.25, -0.2) is 4.98 Å². The number of carbonyl (C=O) groups is 1. The third-order valence-electron chi connectivity index (χ3n) is 4.85. The van der Waals surface area contributed by atoms with Gasteiger partial charge in [-0.1, -0.05) is 6.92 Å². The first-order chi connectivity index (χ1) is 12.6. The fourth-order valence-corrected chi connectivity index (χ4v) is 3.14. The van der Waals surface area contributed by atoms with Crippen molar-refractivity contribution >= 4 is 17.3 Å². The Hall–Kier alpha value is -2.60. The largest absolute Gasteiger partial charge is 0.481 e. The molecule has 1 N–H and O–H groups in total. The van der Waals surface area contributed by atoms with E-state index in [1.54, 1.807) is 19.2 Å². The van der Waals surface area contributed by atoms with E-state index in [4.69, 9.17) is 4.74 Å². The number of rotatable bonds is 5. The number of nitrogens with one attached hydrogen (secondary N) is 1. The van der Waals surface area contributed by atoms with Crippen LogP contribution in [0.15, 0.2) is 36.5 Å². The number of hydrogen-bond acceptors (Lipinski definition) is 5. The predicted octanol–water partition coefficient (Wildman–Crippen LogP) is 2.79. The first-order valence-corrected chi connectivity index (χ1v) is 9.00. The van der Waals surface area contributed by atoms with Gasteiger partial charge in [0.1, 0.15) is 0 Å². The molecule has 138 valence electrons. The van der Waals surface area contributed by atoms with E-state index in [0.717, 1.165) is 44.0 Å². The van der Waals surface area contributed by atoms with Crippen molar-refractivity contribution in [2.24, 2.45) is 0 Å². The minimum absolute atomic E-state index is 0.174. The highest BCUT2D eigenvalue weighted by Crippen LogP contribution is 2.24. The topological polar surface area (TPSA) is 57.7 Å². The minimum Gasteiger partial charge on any atom is -0.481 e. The molecule has 26 heavy (non-hydrogen) atoms. The molecule has 0 bridgehead atoms. The third-order valence-corrected chi connectivity index (χ3v) is 4.85. The number of methoxy groups -OCH3 is 1. The van der Waals surface area contributed by atoms with Crippen molar-refractivity contribution in [3.05, 3.63) is 47.7 Å². The highest BCUT2D eigenvalue weighted by atomic mass is 16.5. The summed E-state index contributed by atoms with van der Waals surface area (Å²) >= 11 is 0. The summed E-state index contributed by atoms with van der Waals surface area (Å²) in [6, 6.07) is 9.59. The highest BCUT2D eigenvalue weighted by Gasteiger charge is 2.17. The van der Waals surface area contributed by atoms with Gasteiger partial charge in [-0.05, 0) is 43.3 Å². The zero-order valence-corrected chi connectivity index (χ0v) is 15.7. The Labute approximate surface area is 154 Å². The highest BCUT2D eigenvalue weighted by molar-refractivity contribution is 6.04. The molecule has 1 aliphatic heterocycles. The molecule has 1 fully saturated rings. The number of pyridine rings is 1. The van der Waals surface area contributed by atoms with Gasteiger partial charge < -0.3 is 19.9 Å². The van der Waals surface area contributed by atoms with E-state index in [-0.39, 0.29) is 5.91 Å². The Morgan fingerprint density at radius 2 is 1.96 bits per heavy atom. The fraction of sp³-hybridized carbons (Fsp3) is 0.400. The van der Waals surface area contributed by atoms with E-state index < -0.39 is 0 Å². The lowest BCUT2D eigenvalue weighted by Gasteiger charge is -2.35. The number of ether oxygens (including phenoxy) is 1. The Bertz CT molecular complexity index is 753. The molecule has 1 saturated heterocycles. The number of aryl methyl sites for hydroxylation is 1. The van der Waals surface area contributed by atoms with E-state index in [1.807, 2.05) is 13.0 Å². The van der Waals surface area contributed by atoms with E-state index >= 15 is 0 Å². The molecule has 0 atom stereocenters. The molecule has 1 aromatic heterocycles. The molecule has 0 unspecified atom stereocenters. The third kappa shape index (κ3) is 4.14. The molecular formula is C20H26N4O2. The smallest absolute Gasteiger partial charge is 0.257 e. The number of anilines is 2. The van der Waals surface area contributed by atoms with Gasteiger partial charge in [0.05, 0.1) is 12.7 Å². The second kappa shape index (κ2) is 8.19. The Balaban J connectivity index is 1.66. The van der Waals surface area contributed by atoms with Crippen LogP contribution >= 0.6 is 0 Å². The first-order valence-electron chi connectivity index (χ1n) is 9.00. The number of nitrogens with zero attached hydrogens (tertiary/aromatic N) is 3. The number of amides is 1. The number of aromatic nitrogens is 1. The van der Waals surface area contributed by atoms with Crippen molar-refractivity contribution in [3.8, 4) is 5.88 Å². The molecule has 0 aliphatic carbocycles. The van der Waals surface area contributed by atoms with Crippen molar-refractivity contribution < 1.29 is 9.53 Å². The van der Waals surface area contributed by atoms with E-state index in [2.05, 4.69) is 39.2 Å². The van der Waals surface area contributed by atoms with E-state index in [1.165, 1.54) is 11.9 Å². The van der Waals surface area contributed by atoms with E-state index in [9.17, 15) is 4.79 Å². The van der Waals surface area contributed by atoms with Crippen molar-refractivity contribution in [2.75, 3.05) is 50.1 Å². The quantitative estimate of drug-likeness (QED) is 0.895. The molecule has 2 aromatic rings. The number of carbonyl (C=O) groups excluding carboxylic acids is 1. The minimum atomic E-state index is -0.174. The summed E-state index contributed by atoms with van der Waals surface area (Å²) in [6.07, 6.45) is 1.52. The standard InChI is InChI=1S/C20H26N4O2/c1-4-23-9-11-24(12-10-23)17-6-7-18(15(2)13-17)22-20(25)16-5-8-19(26-3)21-14-16/h5-8,13-14H,4,9-12H2,1-3H3,(H,22,25). The van der Waals surface area contributed by atoms with Gasteiger partial charge in [0.2, 0.25) is 5.88 Å². The van der Waals surface area contributed by atoms with Gasteiger partial charge in [0.15, 0.2) is 0 Å². The van der Waals surface area contributed by atoms with Crippen LogP contribution in [0.5, 0.6) is 5.88 Å². The van der Waals surface area contributed by atoms with Crippen LogP contribution in [0.1, 0.15) is 22.8 Å². The van der Waals surface area contributed by atoms with Crippen LogP contribution in [-0.2, 0) is 0 Å². The lowest BCUT2D eigenvalue weighted by atomic mass is 10.1. The maximum Gasteiger partial charge on any atom is 0.257 e. The Morgan fingerprint density at radius 3 is 2.54 bits per heavy atom. The van der Waals surface area contributed by atoms with Gasteiger partial charge in [0, 0.05) is 49.8 Å². The van der Waals surface area contributed by atoms with Gasteiger partial charge in [-0.15, -0.1) is 0 Å². The van der Waals surface area contributed by atoms with Gasteiger partial charge in [-0.3, -0.25) is 4.79 Å². The molecule has 1 aromatic carbocycles. The molecule has 3 rings (SSSR count). The average Bonchev–Trinajstić information content (AvgIpc) is 2.69. The molecule has 6 heteroatoms. The van der Waals surface area contributed by atoms with Crippen LogP contribution in [0.2, 0.25) is 0 Å². The van der Waals surface area contributed by atoms with Crippen LogP contribution < -0.4 is 15.0 Å². The molecule has 0 radical (unpaired) electrons. The lowest BCUT2D eigenvalue weighted by molar-refractivity contribution is 0.102. The van der Waals surface area contributed by atoms with Crippen LogP contribution in [0.4, 0.5) is 11.4 Å². The SMILES string of the molecule is CCN1CCN(c2ccc(NC(=O)c3ccc(OC)nc3)c(C)c2)CC1. The second-order valence-electron chi connectivity index (χ2n) is 6.46. The number of hydrogen-bond donors (Lipinski definition) is 1. The summed E-state index contributed by atoms with van der Waals surface area (Å²) in [5, 5.41) is 2.96. The monoisotopic (exact) mass is 354 g/mol. The molecule has 1 aliphatic rings. The summed E-state index contributed by atoms with van der Waals surface area (Å²) in [7, 11) is 1.55. The Kier molecular flexibility index (Phi) is 5.73. The van der Waals surface area contributed by atoms with Crippen molar-refractivity contribution in [1.29, 1.82) is 0 Å². The zero-order valence-electron chi connectivity index (χ0n) is 15.7. The second-order valence-corrected chi connectivity index (χ2v) is 6.46. The maximum absolute atomic E-state index is 12.4. The molecule has 6 nitrogen and oxygen atoms in total. The summed E-state index contributed by atoms with van der Waals surface area (Å²) < 4.78 is 5.02. The van der Waals surface area contributed by atoms with Gasteiger partial charge in [0.25, 0.3) is 5.91 Å². The van der Waals surface area contributed by atoms with Crippen LogP contribution in [0, 0.1) is 6.92 Å². The first kappa shape index (κ1) is 18.2. The zero-order chi connectivity index (χ0) is 18.5. The van der Waals surface area contributed by atoms with E-state index in [0.29, 0.717) is 11.4 Å². The number of likely N-dealkylation sites (N-methyl/N-ethyl adjacent to an activating group) is 1. The van der Waals surface area contributed by atoms with Crippen molar-refractivity contribution in [2.45, 2.75) is 13.8 Å². The maximum atomic E-state index is 12.4. The molecule has 2 heterocycles. The lowest BCUT2D eigenvalue weighted by Crippen LogP contribution is -2.46. The number of benzene rings is 1. The molecule has 0 spiro atoms. The fourth-order valence-electron chi connectivity index (χ4n) is 3.14. The summed E-state index contributed by atoms with van der Waals surface area (Å²) in [5.41, 5.74) is 3.59. The molecule has 0 saturated carbocycles. The van der Waals surface area contributed by atoms with Crippen molar-refractivity contribution in [1.82, 2.24) is 9.88 Å².